The Kier molecular flexibility index (Phi) is 4.90. The molecule has 21 heavy (non-hydrogen) atoms. The van der Waals surface area contributed by atoms with Crippen LogP contribution in [0.2, 0.25) is 0 Å². The van der Waals surface area contributed by atoms with Gasteiger partial charge < -0.3 is 15.6 Å². The van der Waals surface area contributed by atoms with E-state index < -0.39 is 5.97 Å². The summed E-state index contributed by atoms with van der Waals surface area (Å²) in [6, 6.07) is 10.7. The van der Waals surface area contributed by atoms with Gasteiger partial charge in [0.15, 0.2) is 0 Å². The summed E-state index contributed by atoms with van der Waals surface area (Å²) in [6.07, 6.45) is 0.533. The molecule has 0 radical (unpaired) electrons. The zero-order valence-electron chi connectivity index (χ0n) is 11.4. The third kappa shape index (κ3) is 4.03. The van der Waals surface area contributed by atoms with Crippen molar-refractivity contribution in [1.29, 1.82) is 0 Å². The highest BCUT2D eigenvalue weighted by molar-refractivity contribution is 5.87. The number of rotatable bonds is 6. The van der Waals surface area contributed by atoms with Crippen molar-refractivity contribution in [2.75, 3.05) is 6.54 Å². The van der Waals surface area contributed by atoms with Crippen LogP contribution in [0.5, 0.6) is 5.75 Å². The topological polar surface area (TPSA) is 72.5 Å². The largest absolute Gasteiger partial charge is 0.489 e. The molecule has 0 heterocycles. The van der Waals surface area contributed by atoms with E-state index in [-0.39, 0.29) is 18.0 Å². The molecule has 2 aromatic rings. The van der Waals surface area contributed by atoms with Crippen molar-refractivity contribution in [3.8, 4) is 5.75 Å². The van der Waals surface area contributed by atoms with E-state index in [1.54, 1.807) is 18.2 Å². The Morgan fingerprint density at radius 2 is 1.90 bits per heavy atom. The number of benzene rings is 2. The Morgan fingerprint density at radius 1 is 1.19 bits per heavy atom. The van der Waals surface area contributed by atoms with Crippen molar-refractivity contribution in [1.82, 2.24) is 0 Å². The first-order valence-corrected chi connectivity index (χ1v) is 6.53. The number of carbonyl (C=O) groups is 1. The summed E-state index contributed by atoms with van der Waals surface area (Å²) in [7, 11) is 0. The monoisotopic (exact) mass is 289 g/mol. The van der Waals surface area contributed by atoms with Gasteiger partial charge in [-0.15, -0.1) is 0 Å². The Balaban J connectivity index is 2.07. The van der Waals surface area contributed by atoms with Crippen LogP contribution in [0.3, 0.4) is 0 Å². The standard InChI is InChI=1S/C16H16FNO3/c17-14-5-6-15(13(9-14)7-8-18)21-10-11-1-3-12(4-2-11)16(19)20/h1-6,9H,7-8,10,18H2,(H,19,20). The van der Waals surface area contributed by atoms with Gasteiger partial charge in [-0.2, -0.15) is 0 Å². The van der Waals surface area contributed by atoms with Gasteiger partial charge in [-0.05, 0) is 54.4 Å². The Hall–Kier alpha value is -2.40. The summed E-state index contributed by atoms with van der Waals surface area (Å²) < 4.78 is 18.9. The van der Waals surface area contributed by atoms with Gasteiger partial charge in [-0.1, -0.05) is 12.1 Å². The van der Waals surface area contributed by atoms with E-state index in [4.69, 9.17) is 15.6 Å². The first-order chi connectivity index (χ1) is 10.1. The number of ether oxygens (including phenoxy) is 1. The van der Waals surface area contributed by atoms with Crippen LogP contribution in [0.1, 0.15) is 21.5 Å². The number of hydrogen-bond acceptors (Lipinski definition) is 3. The quantitative estimate of drug-likeness (QED) is 0.857. The van der Waals surface area contributed by atoms with E-state index in [2.05, 4.69) is 0 Å². The van der Waals surface area contributed by atoms with Crippen molar-refractivity contribution < 1.29 is 19.0 Å². The molecule has 0 unspecified atom stereocenters. The fourth-order valence-corrected chi connectivity index (χ4v) is 1.94. The van der Waals surface area contributed by atoms with Crippen LogP contribution in [0, 0.1) is 5.82 Å². The normalized spacial score (nSPS) is 10.4. The van der Waals surface area contributed by atoms with Crippen LogP contribution < -0.4 is 10.5 Å². The first kappa shape index (κ1) is 15.0. The molecule has 0 saturated carbocycles. The average Bonchev–Trinajstić information content (AvgIpc) is 2.47. The van der Waals surface area contributed by atoms with Crippen LogP contribution in [-0.4, -0.2) is 17.6 Å². The molecule has 110 valence electrons. The highest BCUT2D eigenvalue weighted by Gasteiger charge is 2.06. The predicted octanol–water partition coefficient (Wildman–Crippen LogP) is 2.60. The minimum atomic E-state index is -0.966. The molecule has 0 spiro atoms. The molecule has 3 N–H and O–H groups in total. The molecule has 0 saturated heterocycles. The second kappa shape index (κ2) is 6.85. The van der Waals surface area contributed by atoms with E-state index in [1.165, 1.54) is 24.3 Å². The van der Waals surface area contributed by atoms with Crippen LogP contribution >= 0.6 is 0 Å². The molecule has 0 bridgehead atoms. The van der Waals surface area contributed by atoms with E-state index in [0.29, 0.717) is 18.7 Å². The molecule has 0 amide bonds. The van der Waals surface area contributed by atoms with Crippen LogP contribution in [0.15, 0.2) is 42.5 Å². The first-order valence-electron chi connectivity index (χ1n) is 6.53. The maximum Gasteiger partial charge on any atom is 0.335 e. The fourth-order valence-electron chi connectivity index (χ4n) is 1.94. The van der Waals surface area contributed by atoms with Gasteiger partial charge in [-0.25, -0.2) is 9.18 Å². The van der Waals surface area contributed by atoms with E-state index in [9.17, 15) is 9.18 Å². The van der Waals surface area contributed by atoms with E-state index in [1.807, 2.05) is 0 Å². The SMILES string of the molecule is NCCc1cc(F)ccc1OCc1ccc(C(=O)O)cc1. The van der Waals surface area contributed by atoms with Crippen molar-refractivity contribution in [2.24, 2.45) is 5.73 Å². The van der Waals surface area contributed by atoms with Gasteiger partial charge in [0.1, 0.15) is 18.2 Å². The maximum absolute atomic E-state index is 13.2. The number of aromatic carboxylic acids is 1. The highest BCUT2D eigenvalue weighted by Crippen LogP contribution is 2.21. The van der Waals surface area contributed by atoms with Gasteiger partial charge >= 0.3 is 5.97 Å². The Bertz CT molecular complexity index is 626. The lowest BCUT2D eigenvalue weighted by Gasteiger charge is -2.11. The smallest absolute Gasteiger partial charge is 0.335 e. The van der Waals surface area contributed by atoms with Crippen LogP contribution in [0.25, 0.3) is 0 Å². The summed E-state index contributed by atoms with van der Waals surface area (Å²) in [4.78, 5) is 10.8. The van der Waals surface area contributed by atoms with Crippen LogP contribution in [0.4, 0.5) is 4.39 Å². The third-order valence-electron chi connectivity index (χ3n) is 3.03. The lowest BCUT2D eigenvalue weighted by molar-refractivity contribution is 0.0697. The predicted molar refractivity (Wildman–Crippen MR) is 76.9 cm³/mol. The minimum Gasteiger partial charge on any atom is -0.489 e. The number of hydrogen-bond donors (Lipinski definition) is 2. The van der Waals surface area contributed by atoms with E-state index >= 15 is 0 Å². The molecule has 0 fully saturated rings. The summed E-state index contributed by atoms with van der Waals surface area (Å²) in [5.74, 6) is -0.702. The van der Waals surface area contributed by atoms with E-state index in [0.717, 1.165) is 11.1 Å². The average molecular weight is 289 g/mol. The molecule has 0 atom stereocenters. The van der Waals surface area contributed by atoms with Gasteiger partial charge in [-0.3, -0.25) is 0 Å². The second-order valence-electron chi connectivity index (χ2n) is 4.58. The molecule has 0 aromatic heterocycles. The minimum absolute atomic E-state index is 0.226. The molecule has 0 aliphatic carbocycles. The van der Waals surface area contributed by atoms with Gasteiger partial charge in [0.25, 0.3) is 0 Å². The zero-order chi connectivity index (χ0) is 15.2. The maximum atomic E-state index is 13.2. The fraction of sp³-hybridized carbons (Fsp3) is 0.188. The molecule has 0 aliphatic heterocycles. The molecular weight excluding hydrogens is 273 g/mol. The number of carboxylic acids is 1. The number of nitrogens with two attached hydrogens (primary N) is 1. The lowest BCUT2D eigenvalue weighted by atomic mass is 10.1. The molecule has 5 heteroatoms. The molecule has 2 aromatic carbocycles. The van der Waals surface area contributed by atoms with Crippen molar-refractivity contribution in [3.05, 3.63) is 65.0 Å². The summed E-state index contributed by atoms with van der Waals surface area (Å²) >= 11 is 0. The number of halogens is 1. The van der Waals surface area contributed by atoms with Gasteiger partial charge in [0.2, 0.25) is 0 Å². The van der Waals surface area contributed by atoms with Crippen molar-refractivity contribution in [3.63, 3.8) is 0 Å². The highest BCUT2D eigenvalue weighted by atomic mass is 19.1. The van der Waals surface area contributed by atoms with Crippen LogP contribution in [-0.2, 0) is 13.0 Å². The molecule has 2 rings (SSSR count). The lowest BCUT2D eigenvalue weighted by Crippen LogP contribution is -2.06. The molecular formula is C16H16FNO3. The molecule has 4 nitrogen and oxygen atoms in total. The summed E-state index contributed by atoms with van der Waals surface area (Å²) in [5, 5.41) is 8.83. The zero-order valence-corrected chi connectivity index (χ0v) is 11.4. The Morgan fingerprint density at radius 3 is 2.52 bits per heavy atom. The number of carboxylic acid groups (broad SMARTS) is 1. The second-order valence-corrected chi connectivity index (χ2v) is 4.58. The van der Waals surface area contributed by atoms with Crippen molar-refractivity contribution >= 4 is 5.97 Å². The van der Waals surface area contributed by atoms with Gasteiger partial charge in [0, 0.05) is 0 Å². The summed E-state index contributed by atoms with van der Waals surface area (Å²) in [5.41, 5.74) is 7.28. The third-order valence-corrected chi connectivity index (χ3v) is 3.03. The van der Waals surface area contributed by atoms with Gasteiger partial charge in [0.05, 0.1) is 5.56 Å². The molecule has 0 aliphatic rings. The summed E-state index contributed by atoms with van der Waals surface area (Å²) in [6.45, 7) is 0.691. The van der Waals surface area contributed by atoms with Crippen molar-refractivity contribution in [2.45, 2.75) is 13.0 Å². The Labute approximate surface area is 122 Å².